The van der Waals surface area contributed by atoms with Crippen molar-refractivity contribution in [2.45, 2.75) is 57.8 Å². The second-order valence-corrected chi connectivity index (χ2v) is 6.05. The summed E-state index contributed by atoms with van der Waals surface area (Å²) in [7, 11) is 0. The molecule has 100 valence electrons. The molecule has 2 nitrogen and oxygen atoms in total. The minimum absolute atomic E-state index is 0.696. The van der Waals surface area contributed by atoms with E-state index in [0.717, 1.165) is 19.4 Å². The van der Waals surface area contributed by atoms with Crippen molar-refractivity contribution in [3.05, 3.63) is 22.5 Å². The monoisotopic (exact) mass is 247 g/mol. The summed E-state index contributed by atoms with van der Waals surface area (Å²) in [5, 5.41) is 10.3. The average molecular weight is 247 g/mol. The van der Waals surface area contributed by atoms with Gasteiger partial charge in [0.15, 0.2) is 0 Å². The van der Waals surface area contributed by atoms with Crippen LogP contribution in [0.4, 0.5) is 0 Å². The van der Waals surface area contributed by atoms with Gasteiger partial charge in [0.05, 0.1) is 5.76 Å². The summed E-state index contributed by atoms with van der Waals surface area (Å²) in [6.45, 7) is 3.45. The van der Waals surface area contributed by atoms with E-state index in [9.17, 15) is 5.11 Å². The van der Waals surface area contributed by atoms with Crippen LogP contribution in [0.15, 0.2) is 22.5 Å². The molecule has 0 aromatic carbocycles. The normalized spacial score (nSPS) is 26.4. The minimum Gasteiger partial charge on any atom is -0.512 e. The number of likely N-dealkylation sites (tertiary alicyclic amines) is 1. The fraction of sp³-hybridized carbons (Fsp3) is 0.750. The van der Waals surface area contributed by atoms with Gasteiger partial charge in [-0.3, -0.25) is 4.90 Å². The molecule has 0 aromatic heterocycles. The van der Waals surface area contributed by atoms with Gasteiger partial charge in [0.1, 0.15) is 0 Å². The zero-order chi connectivity index (χ0) is 12.4. The molecular formula is C16H25NO. The number of piperidine rings is 1. The molecule has 2 aliphatic carbocycles. The summed E-state index contributed by atoms with van der Waals surface area (Å²) < 4.78 is 0. The molecule has 1 heterocycles. The van der Waals surface area contributed by atoms with Gasteiger partial charge in [0.25, 0.3) is 0 Å². The van der Waals surface area contributed by atoms with Crippen molar-refractivity contribution in [1.82, 2.24) is 4.90 Å². The molecule has 0 radical (unpaired) electrons. The van der Waals surface area contributed by atoms with Crippen LogP contribution in [0.25, 0.3) is 0 Å². The zero-order valence-electron chi connectivity index (χ0n) is 11.4. The second kappa shape index (κ2) is 5.48. The largest absolute Gasteiger partial charge is 0.512 e. The van der Waals surface area contributed by atoms with Gasteiger partial charge in [-0.15, -0.1) is 0 Å². The fourth-order valence-electron chi connectivity index (χ4n) is 3.73. The fourth-order valence-corrected chi connectivity index (χ4v) is 3.73. The highest BCUT2D eigenvalue weighted by Gasteiger charge is 2.25. The molecule has 1 aliphatic heterocycles. The van der Waals surface area contributed by atoms with Crippen molar-refractivity contribution in [2.24, 2.45) is 0 Å². The third-order valence-corrected chi connectivity index (χ3v) is 4.79. The van der Waals surface area contributed by atoms with E-state index in [4.69, 9.17) is 0 Å². The predicted octanol–water partition coefficient (Wildman–Crippen LogP) is 3.95. The minimum atomic E-state index is 0.696. The first-order valence-corrected chi connectivity index (χ1v) is 7.69. The molecule has 1 fully saturated rings. The van der Waals surface area contributed by atoms with E-state index in [1.807, 2.05) is 0 Å². The van der Waals surface area contributed by atoms with E-state index in [1.165, 1.54) is 69.2 Å². The van der Waals surface area contributed by atoms with Crippen LogP contribution in [0.1, 0.15) is 57.8 Å². The summed E-state index contributed by atoms with van der Waals surface area (Å²) in [6, 6.07) is 0. The first-order chi connectivity index (χ1) is 8.84. The van der Waals surface area contributed by atoms with E-state index in [-0.39, 0.29) is 0 Å². The van der Waals surface area contributed by atoms with E-state index in [0.29, 0.717) is 5.76 Å². The maximum atomic E-state index is 10.3. The molecule has 0 spiro atoms. The Hall–Kier alpha value is -0.760. The summed E-state index contributed by atoms with van der Waals surface area (Å²) in [4.78, 5) is 2.54. The molecular weight excluding hydrogens is 222 g/mol. The molecule has 0 saturated carbocycles. The van der Waals surface area contributed by atoms with Crippen LogP contribution in [0.5, 0.6) is 0 Å². The van der Waals surface area contributed by atoms with E-state index in [1.54, 1.807) is 5.57 Å². The summed E-state index contributed by atoms with van der Waals surface area (Å²) in [5.74, 6) is 0.696. The number of aliphatic hydroxyl groups excluding tert-OH is 1. The molecule has 0 amide bonds. The summed E-state index contributed by atoms with van der Waals surface area (Å²) in [6.07, 6.45) is 11.2. The molecule has 3 aliphatic rings. The lowest BCUT2D eigenvalue weighted by molar-refractivity contribution is 0.241. The quantitative estimate of drug-likeness (QED) is 0.798. The number of nitrogens with zero attached hydrogens (tertiary/aromatic N) is 1. The van der Waals surface area contributed by atoms with Crippen LogP contribution in [-0.2, 0) is 0 Å². The molecule has 1 N–H and O–H groups in total. The molecule has 0 bridgehead atoms. The Labute approximate surface area is 110 Å². The van der Waals surface area contributed by atoms with Crippen molar-refractivity contribution in [3.63, 3.8) is 0 Å². The molecule has 2 heteroatoms. The molecule has 18 heavy (non-hydrogen) atoms. The summed E-state index contributed by atoms with van der Waals surface area (Å²) >= 11 is 0. The standard InChI is InChI=1S/C16H25NO/c18-16-9-8-13-6-2-3-7-14(13)15(16)12-17-10-4-1-5-11-17/h18H,1-12H2. The van der Waals surface area contributed by atoms with Crippen molar-refractivity contribution >= 4 is 0 Å². The number of aliphatic hydroxyl groups is 1. The van der Waals surface area contributed by atoms with Crippen molar-refractivity contribution in [3.8, 4) is 0 Å². The third kappa shape index (κ3) is 2.49. The van der Waals surface area contributed by atoms with Crippen LogP contribution >= 0.6 is 0 Å². The number of rotatable bonds is 2. The molecule has 0 atom stereocenters. The van der Waals surface area contributed by atoms with Crippen LogP contribution in [0.3, 0.4) is 0 Å². The molecule has 3 rings (SSSR count). The number of allylic oxidation sites excluding steroid dienone is 2. The Morgan fingerprint density at radius 3 is 2.44 bits per heavy atom. The average Bonchev–Trinajstić information content (AvgIpc) is 2.43. The van der Waals surface area contributed by atoms with Gasteiger partial charge in [-0.2, -0.15) is 0 Å². The van der Waals surface area contributed by atoms with Crippen LogP contribution < -0.4 is 0 Å². The maximum absolute atomic E-state index is 10.3. The number of hydrogen-bond acceptors (Lipinski definition) is 2. The predicted molar refractivity (Wildman–Crippen MR) is 74.7 cm³/mol. The van der Waals surface area contributed by atoms with E-state index < -0.39 is 0 Å². The van der Waals surface area contributed by atoms with Crippen molar-refractivity contribution < 1.29 is 5.11 Å². The van der Waals surface area contributed by atoms with Gasteiger partial charge in [0.2, 0.25) is 0 Å². The molecule has 1 saturated heterocycles. The lowest BCUT2D eigenvalue weighted by Gasteiger charge is -2.33. The Morgan fingerprint density at radius 2 is 1.61 bits per heavy atom. The first kappa shape index (κ1) is 12.3. The lowest BCUT2D eigenvalue weighted by atomic mass is 9.80. The third-order valence-electron chi connectivity index (χ3n) is 4.79. The summed E-state index contributed by atoms with van der Waals surface area (Å²) in [5.41, 5.74) is 4.50. The highest BCUT2D eigenvalue weighted by molar-refractivity contribution is 5.42. The highest BCUT2D eigenvalue weighted by Crippen LogP contribution is 2.38. The Morgan fingerprint density at radius 1 is 0.833 bits per heavy atom. The van der Waals surface area contributed by atoms with Crippen LogP contribution in [0.2, 0.25) is 0 Å². The SMILES string of the molecule is OC1=C(CN2CCCCC2)C2=C(CCCC2)CC1. The number of hydrogen-bond donors (Lipinski definition) is 1. The topological polar surface area (TPSA) is 23.5 Å². The van der Waals surface area contributed by atoms with Gasteiger partial charge in [-0.1, -0.05) is 12.0 Å². The maximum Gasteiger partial charge on any atom is 0.0973 e. The van der Waals surface area contributed by atoms with E-state index >= 15 is 0 Å². The van der Waals surface area contributed by atoms with Gasteiger partial charge in [-0.25, -0.2) is 0 Å². The molecule has 0 unspecified atom stereocenters. The van der Waals surface area contributed by atoms with Crippen molar-refractivity contribution in [1.29, 1.82) is 0 Å². The van der Waals surface area contributed by atoms with E-state index in [2.05, 4.69) is 4.90 Å². The van der Waals surface area contributed by atoms with Gasteiger partial charge in [0, 0.05) is 18.5 Å². The Kier molecular flexibility index (Phi) is 3.74. The molecule has 0 aromatic rings. The lowest BCUT2D eigenvalue weighted by Crippen LogP contribution is -2.33. The smallest absolute Gasteiger partial charge is 0.0973 e. The van der Waals surface area contributed by atoms with Gasteiger partial charge < -0.3 is 5.11 Å². The van der Waals surface area contributed by atoms with Gasteiger partial charge in [-0.05, 0) is 63.6 Å². The van der Waals surface area contributed by atoms with Crippen molar-refractivity contribution in [2.75, 3.05) is 19.6 Å². The first-order valence-electron chi connectivity index (χ1n) is 7.69. The Balaban J connectivity index is 1.77. The zero-order valence-corrected chi connectivity index (χ0v) is 11.4. The Bertz CT molecular complexity index is 375. The van der Waals surface area contributed by atoms with Crippen LogP contribution in [-0.4, -0.2) is 29.6 Å². The second-order valence-electron chi connectivity index (χ2n) is 6.05. The van der Waals surface area contributed by atoms with Crippen LogP contribution in [0, 0.1) is 0 Å². The van der Waals surface area contributed by atoms with Gasteiger partial charge >= 0.3 is 0 Å². The highest BCUT2D eigenvalue weighted by atomic mass is 16.3.